The maximum Gasteiger partial charge on any atom is 0.232 e. The Morgan fingerprint density at radius 2 is 1.57 bits per heavy atom. The summed E-state index contributed by atoms with van der Waals surface area (Å²) in [6.07, 6.45) is 1.44. The summed E-state index contributed by atoms with van der Waals surface area (Å²) in [7, 11) is -1.72. The van der Waals surface area contributed by atoms with Crippen LogP contribution in [0.1, 0.15) is 26.2 Å². The maximum atomic E-state index is 12.0. The molecule has 0 atom stereocenters. The van der Waals surface area contributed by atoms with Gasteiger partial charge in [-0.1, -0.05) is 6.92 Å². The third-order valence-corrected chi connectivity index (χ3v) is 5.28. The predicted octanol–water partition coefficient (Wildman–Crippen LogP) is 3.64. The molecule has 7 nitrogen and oxygen atoms in total. The molecule has 0 spiro atoms. The summed E-state index contributed by atoms with van der Waals surface area (Å²) in [6, 6.07) is 13.8. The van der Waals surface area contributed by atoms with E-state index in [2.05, 4.69) is 10.0 Å². The number of hydrogen-bond donors (Lipinski definition) is 2. The number of benzene rings is 2. The molecule has 0 saturated carbocycles. The predicted molar refractivity (Wildman–Crippen MR) is 110 cm³/mol. The van der Waals surface area contributed by atoms with E-state index in [0.717, 1.165) is 11.5 Å². The Kier molecular flexibility index (Phi) is 8.13. The van der Waals surface area contributed by atoms with Crippen LogP contribution in [0.2, 0.25) is 0 Å². The van der Waals surface area contributed by atoms with Gasteiger partial charge >= 0.3 is 0 Å². The molecule has 2 aromatic carbocycles. The van der Waals surface area contributed by atoms with E-state index in [1.165, 1.54) is 0 Å². The Labute approximate surface area is 166 Å². The van der Waals surface area contributed by atoms with Crippen molar-refractivity contribution < 1.29 is 22.7 Å². The molecule has 0 aliphatic heterocycles. The molecule has 2 aromatic rings. The highest BCUT2D eigenvalue weighted by Crippen LogP contribution is 2.18. The van der Waals surface area contributed by atoms with Crippen molar-refractivity contribution in [2.45, 2.75) is 26.2 Å². The summed E-state index contributed by atoms with van der Waals surface area (Å²) in [5.41, 5.74) is 1.08. The average molecular weight is 407 g/mol. The largest absolute Gasteiger partial charge is 0.497 e. The van der Waals surface area contributed by atoms with Gasteiger partial charge in [0.25, 0.3) is 0 Å². The summed E-state index contributed by atoms with van der Waals surface area (Å²) in [6.45, 7) is 2.23. The summed E-state index contributed by atoms with van der Waals surface area (Å²) in [4.78, 5) is 12.0. The molecular weight excluding hydrogens is 380 g/mol. The molecule has 0 radical (unpaired) electrons. The molecule has 0 unspecified atom stereocenters. The second-order valence-corrected chi connectivity index (χ2v) is 8.02. The number of methoxy groups -OCH3 is 1. The van der Waals surface area contributed by atoms with E-state index in [9.17, 15) is 13.2 Å². The lowest BCUT2D eigenvalue weighted by atomic mass is 10.2. The van der Waals surface area contributed by atoms with Crippen LogP contribution in [-0.4, -0.2) is 33.8 Å². The molecule has 152 valence electrons. The van der Waals surface area contributed by atoms with E-state index in [4.69, 9.17) is 9.47 Å². The fourth-order valence-electron chi connectivity index (χ4n) is 2.44. The molecule has 0 fully saturated rings. The van der Waals surface area contributed by atoms with Crippen LogP contribution >= 0.6 is 0 Å². The summed E-state index contributed by atoms with van der Waals surface area (Å²) in [5, 5.41) is 2.78. The minimum atomic E-state index is -3.32. The van der Waals surface area contributed by atoms with Gasteiger partial charge in [0.2, 0.25) is 15.9 Å². The van der Waals surface area contributed by atoms with Crippen molar-refractivity contribution in [3.63, 3.8) is 0 Å². The number of ether oxygens (including phenoxy) is 2. The highest BCUT2D eigenvalue weighted by molar-refractivity contribution is 7.92. The first kappa shape index (κ1) is 21.6. The van der Waals surface area contributed by atoms with E-state index >= 15 is 0 Å². The summed E-state index contributed by atoms with van der Waals surface area (Å²) >= 11 is 0. The van der Waals surface area contributed by atoms with Crippen LogP contribution in [0.3, 0.4) is 0 Å². The van der Waals surface area contributed by atoms with Crippen molar-refractivity contribution in [2.24, 2.45) is 0 Å². The maximum absolute atomic E-state index is 12.0. The van der Waals surface area contributed by atoms with Crippen LogP contribution in [0.5, 0.6) is 11.5 Å². The fraction of sp³-hybridized carbons (Fsp3) is 0.350. The number of anilines is 2. The number of carbonyl (C=O) groups is 1. The van der Waals surface area contributed by atoms with Gasteiger partial charge in [0, 0.05) is 17.8 Å². The number of nitrogens with one attached hydrogen (secondary N) is 2. The van der Waals surface area contributed by atoms with Crippen molar-refractivity contribution in [3.05, 3.63) is 48.5 Å². The number of hydrogen-bond acceptors (Lipinski definition) is 5. The monoisotopic (exact) mass is 406 g/mol. The third-order valence-electron chi connectivity index (χ3n) is 3.79. The van der Waals surface area contributed by atoms with Gasteiger partial charge in [-0.3, -0.25) is 9.52 Å². The highest BCUT2D eigenvalue weighted by atomic mass is 32.2. The van der Waals surface area contributed by atoms with Crippen LogP contribution < -0.4 is 19.5 Å². The van der Waals surface area contributed by atoms with Crippen molar-refractivity contribution in [1.29, 1.82) is 0 Å². The minimum absolute atomic E-state index is 0.0735. The van der Waals surface area contributed by atoms with Crippen LogP contribution in [0.15, 0.2) is 48.5 Å². The van der Waals surface area contributed by atoms with E-state index in [-0.39, 0.29) is 11.7 Å². The molecule has 28 heavy (non-hydrogen) atoms. The fourth-order valence-corrected chi connectivity index (χ4v) is 3.57. The second kappa shape index (κ2) is 10.6. The van der Waals surface area contributed by atoms with Crippen LogP contribution in [0, 0.1) is 0 Å². The number of rotatable bonds is 11. The van der Waals surface area contributed by atoms with Gasteiger partial charge < -0.3 is 14.8 Å². The molecule has 8 heteroatoms. The standard InChI is InChI=1S/C20H26N2O5S/c1-3-15-28(24,25)22-17-8-6-16(7-9-17)21-20(23)5-4-14-27-19-12-10-18(26-2)11-13-19/h6-13,22H,3-5,14-15H2,1-2H3,(H,21,23). The Bertz CT molecular complexity index is 849. The molecule has 0 aliphatic carbocycles. The van der Waals surface area contributed by atoms with Crippen LogP contribution in [0.4, 0.5) is 11.4 Å². The van der Waals surface area contributed by atoms with E-state index in [1.807, 2.05) is 24.3 Å². The zero-order chi connectivity index (χ0) is 20.4. The van der Waals surface area contributed by atoms with Crippen molar-refractivity contribution >= 4 is 27.3 Å². The smallest absolute Gasteiger partial charge is 0.232 e. The normalized spacial score (nSPS) is 10.9. The lowest BCUT2D eigenvalue weighted by molar-refractivity contribution is -0.116. The lowest BCUT2D eigenvalue weighted by Crippen LogP contribution is -2.16. The number of carbonyl (C=O) groups excluding carboxylic acids is 1. The first-order valence-corrected chi connectivity index (χ1v) is 10.7. The molecule has 2 N–H and O–H groups in total. The van der Waals surface area contributed by atoms with E-state index < -0.39 is 10.0 Å². The first-order chi connectivity index (χ1) is 13.4. The van der Waals surface area contributed by atoms with Crippen LogP contribution in [-0.2, 0) is 14.8 Å². The number of amides is 1. The second-order valence-electron chi connectivity index (χ2n) is 6.17. The molecule has 0 aromatic heterocycles. The Morgan fingerprint density at radius 1 is 0.964 bits per heavy atom. The Morgan fingerprint density at radius 3 is 2.18 bits per heavy atom. The molecular formula is C20H26N2O5S. The average Bonchev–Trinajstić information content (AvgIpc) is 2.67. The highest BCUT2D eigenvalue weighted by Gasteiger charge is 2.09. The summed E-state index contributed by atoms with van der Waals surface area (Å²) in [5.74, 6) is 1.43. The van der Waals surface area contributed by atoms with Crippen molar-refractivity contribution in [3.8, 4) is 11.5 Å². The molecule has 0 saturated heterocycles. The zero-order valence-electron chi connectivity index (χ0n) is 16.1. The van der Waals surface area contributed by atoms with Gasteiger partial charge in [-0.2, -0.15) is 0 Å². The molecule has 0 heterocycles. The lowest BCUT2D eigenvalue weighted by Gasteiger charge is -2.09. The molecule has 0 aliphatic rings. The third kappa shape index (κ3) is 7.48. The Hall–Kier alpha value is -2.74. The van der Waals surface area contributed by atoms with Crippen LogP contribution in [0.25, 0.3) is 0 Å². The van der Waals surface area contributed by atoms with Gasteiger partial charge in [0.15, 0.2) is 0 Å². The topological polar surface area (TPSA) is 93.7 Å². The zero-order valence-corrected chi connectivity index (χ0v) is 16.9. The summed E-state index contributed by atoms with van der Waals surface area (Å²) < 4.78 is 36.7. The van der Waals surface area contributed by atoms with Gasteiger partial charge in [0.05, 0.1) is 19.5 Å². The van der Waals surface area contributed by atoms with Gasteiger partial charge in [0.1, 0.15) is 11.5 Å². The molecule has 0 bridgehead atoms. The quantitative estimate of drug-likeness (QED) is 0.556. The molecule has 1 amide bonds. The van der Waals surface area contributed by atoms with Gasteiger partial charge in [-0.25, -0.2) is 8.42 Å². The minimum Gasteiger partial charge on any atom is -0.497 e. The van der Waals surface area contributed by atoms with Gasteiger partial charge in [-0.05, 0) is 61.4 Å². The van der Waals surface area contributed by atoms with E-state index in [0.29, 0.717) is 37.2 Å². The van der Waals surface area contributed by atoms with Crippen molar-refractivity contribution in [2.75, 3.05) is 29.5 Å². The van der Waals surface area contributed by atoms with Crippen molar-refractivity contribution in [1.82, 2.24) is 0 Å². The Balaban J connectivity index is 1.72. The molecule has 2 rings (SSSR count). The number of sulfonamides is 1. The van der Waals surface area contributed by atoms with E-state index in [1.54, 1.807) is 38.3 Å². The SMILES string of the molecule is CCCS(=O)(=O)Nc1ccc(NC(=O)CCCOc2ccc(OC)cc2)cc1. The first-order valence-electron chi connectivity index (χ1n) is 9.09. The van der Waals surface area contributed by atoms with Gasteiger partial charge in [-0.15, -0.1) is 0 Å².